The van der Waals surface area contributed by atoms with Gasteiger partial charge in [0.05, 0.1) is 23.0 Å². The van der Waals surface area contributed by atoms with Gasteiger partial charge in [-0.05, 0) is 12.1 Å². The van der Waals surface area contributed by atoms with Crippen LogP contribution in [0.15, 0.2) is 36.7 Å². The standard InChI is InChI=1S/C14H11F3N4O/c1-21-13-8(6-20-21)4-10(5-11(13)18)22-12-3-2-9(7-19-12)14(15,16)17/h2-7H,18H2,1H3. The molecule has 114 valence electrons. The maximum Gasteiger partial charge on any atom is 0.417 e. The third-order valence-electron chi connectivity index (χ3n) is 3.12. The van der Waals surface area contributed by atoms with Gasteiger partial charge in [0.2, 0.25) is 5.88 Å². The fourth-order valence-corrected chi connectivity index (χ4v) is 2.12. The zero-order valence-electron chi connectivity index (χ0n) is 11.4. The molecule has 1 aromatic carbocycles. The first-order chi connectivity index (χ1) is 10.3. The van der Waals surface area contributed by atoms with E-state index in [1.54, 1.807) is 30.1 Å². The van der Waals surface area contributed by atoms with Crippen LogP contribution < -0.4 is 10.5 Å². The summed E-state index contributed by atoms with van der Waals surface area (Å²) in [6.45, 7) is 0. The van der Waals surface area contributed by atoms with Crippen LogP contribution in [-0.4, -0.2) is 14.8 Å². The predicted molar refractivity (Wildman–Crippen MR) is 74.4 cm³/mol. The van der Waals surface area contributed by atoms with Gasteiger partial charge in [-0.3, -0.25) is 4.68 Å². The first kappa shape index (κ1) is 14.2. The molecule has 0 fully saturated rings. The third-order valence-corrected chi connectivity index (χ3v) is 3.12. The van der Waals surface area contributed by atoms with Gasteiger partial charge in [-0.15, -0.1) is 0 Å². The van der Waals surface area contributed by atoms with E-state index in [9.17, 15) is 13.2 Å². The lowest BCUT2D eigenvalue weighted by atomic mass is 10.2. The molecule has 2 N–H and O–H groups in total. The van der Waals surface area contributed by atoms with E-state index in [4.69, 9.17) is 10.5 Å². The topological polar surface area (TPSA) is 66.0 Å². The molecule has 3 aromatic rings. The van der Waals surface area contributed by atoms with Crippen LogP contribution in [0.5, 0.6) is 11.6 Å². The highest BCUT2D eigenvalue weighted by Crippen LogP contribution is 2.32. The average molecular weight is 308 g/mol. The summed E-state index contributed by atoms with van der Waals surface area (Å²) in [7, 11) is 1.76. The van der Waals surface area contributed by atoms with E-state index in [0.29, 0.717) is 11.4 Å². The minimum absolute atomic E-state index is 0.0515. The smallest absolute Gasteiger partial charge is 0.417 e. The van der Waals surface area contributed by atoms with Crippen molar-refractivity contribution in [2.45, 2.75) is 6.18 Å². The summed E-state index contributed by atoms with van der Waals surface area (Å²) in [5.41, 5.74) is 6.31. The Morgan fingerprint density at radius 2 is 1.95 bits per heavy atom. The summed E-state index contributed by atoms with van der Waals surface area (Å²) in [5, 5.41) is 4.85. The number of aromatic nitrogens is 3. The molecule has 3 rings (SSSR count). The Morgan fingerprint density at radius 3 is 2.59 bits per heavy atom. The van der Waals surface area contributed by atoms with E-state index in [1.807, 2.05) is 0 Å². The first-order valence-electron chi connectivity index (χ1n) is 6.27. The van der Waals surface area contributed by atoms with Gasteiger partial charge in [-0.2, -0.15) is 18.3 Å². The molecule has 0 amide bonds. The summed E-state index contributed by atoms with van der Waals surface area (Å²) < 4.78 is 44.5. The van der Waals surface area contributed by atoms with Crippen LogP contribution in [0.1, 0.15) is 5.56 Å². The molecule has 0 aliphatic carbocycles. The molecule has 22 heavy (non-hydrogen) atoms. The number of nitrogen functional groups attached to an aromatic ring is 1. The van der Waals surface area contributed by atoms with E-state index >= 15 is 0 Å². The number of aryl methyl sites for hydroxylation is 1. The van der Waals surface area contributed by atoms with Gasteiger partial charge in [0.25, 0.3) is 0 Å². The maximum atomic E-state index is 12.5. The molecule has 0 bridgehead atoms. The van der Waals surface area contributed by atoms with Crippen LogP contribution in [0.2, 0.25) is 0 Å². The zero-order valence-corrected chi connectivity index (χ0v) is 11.4. The van der Waals surface area contributed by atoms with E-state index < -0.39 is 11.7 Å². The van der Waals surface area contributed by atoms with Crippen LogP contribution in [0.3, 0.4) is 0 Å². The molecule has 0 saturated heterocycles. The Morgan fingerprint density at radius 1 is 1.18 bits per heavy atom. The number of halogens is 3. The van der Waals surface area contributed by atoms with Crippen molar-refractivity contribution >= 4 is 16.6 Å². The van der Waals surface area contributed by atoms with Crippen LogP contribution in [0.25, 0.3) is 10.9 Å². The molecular weight excluding hydrogens is 297 g/mol. The second-order valence-corrected chi connectivity index (χ2v) is 4.70. The second kappa shape index (κ2) is 4.90. The van der Waals surface area contributed by atoms with Crippen molar-refractivity contribution in [1.82, 2.24) is 14.8 Å². The van der Waals surface area contributed by atoms with Gasteiger partial charge in [-0.1, -0.05) is 0 Å². The van der Waals surface area contributed by atoms with Crippen molar-refractivity contribution in [2.24, 2.45) is 7.05 Å². The lowest BCUT2D eigenvalue weighted by molar-refractivity contribution is -0.137. The molecule has 0 aliphatic heterocycles. The van der Waals surface area contributed by atoms with Crippen LogP contribution in [0.4, 0.5) is 18.9 Å². The van der Waals surface area contributed by atoms with Crippen molar-refractivity contribution in [3.05, 3.63) is 42.2 Å². The molecule has 8 heteroatoms. The number of pyridine rings is 1. The lowest BCUT2D eigenvalue weighted by Crippen LogP contribution is -2.05. The quantitative estimate of drug-likeness (QED) is 0.737. The second-order valence-electron chi connectivity index (χ2n) is 4.70. The van der Waals surface area contributed by atoms with Gasteiger partial charge in [0, 0.05) is 30.8 Å². The van der Waals surface area contributed by atoms with Gasteiger partial charge in [0.1, 0.15) is 5.75 Å². The Hall–Kier alpha value is -2.77. The predicted octanol–water partition coefficient (Wildman–Crippen LogP) is 3.36. The molecule has 5 nitrogen and oxygen atoms in total. The summed E-state index contributed by atoms with van der Waals surface area (Å²) in [6.07, 6.45) is -2.08. The SMILES string of the molecule is Cn1ncc2cc(Oc3ccc(C(F)(F)F)cn3)cc(N)c21. The average Bonchev–Trinajstić information content (AvgIpc) is 2.80. The summed E-state index contributed by atoms with van der Waals surface area (Å²) in [5.74, 6) is 0.431. The molecule has 0 atom stereocenters. The number of ether oxygens (including phenoxy) is 1. The van der Waals surface area contributed by atoms with Crippen LogP contribution in [0, 0.1) is 0 Å². The van der Waals surface area contributed by atoms with E-state index in [0.717, 1.165) is 29.2 Å². The first-order valence-corrected chi connectivity index (χ1v) is 6.27. The monoisotopic (exact) mass is 308 g/mol. The fraction of sp³-hybridized carbons (Fsp3) is 0.143. The molecule has 2 aromatic heterocycles. The number of alkyl halides is 3. The Labute approximate surface area is 123 Å². The van der Waals surface area contributed by atoms with E-state index in [1.165, 1.54) is 0 Å². The molecular formula is C14H11F3N4O. The van der Waals surface area contributed by atoms with Crippen LogP contribution in [-0.2, 0) is 13.2 Å². The number of hydrogen-bond donors (Lipinski definition) is 1. The van der Waals surface area contributed by atoms with Crippen molar-refractivity contribution in [2.75, 3.05) is 5.73 Å². The van der Waals surface area contributed by atoms with Gasteiger partial charge in [0.15, 0.2) is 0 Å². The molecule has 2 heterocycles. The van der Waals surface area contributed by atoms with Crippen molar-refractivity contribution in [3.8, 4) is 11.6 Å². The Kier molecular flexibility index (Phi) is 3.16. The normalized spacial score (nSPS) is 11.8. The number of hydrogen-bond acceptors (Lipinski definition) is 4. The fourth-order valence-electron chi connectivity index (χ4n) is 2.12. The molecule has 0 unspecified atom stereocenters. The van der Waals surface area contributed by atoms with Gasteiger partial charge in [-0.25, -0.2) is 4.98 Å². The Balaban J connectivity index is 1.90. The molecule has 0 aliphatic rings. The molecule has 0 spiro atoms. The van der Waals surface area contributed by atoms with Crippen LogP contribution >= 0.6 is 0 Å². The number of benzene rings is 1. The Bertz CT molecular complexity index is 824. The summed E-state index contributed by atoms with van der Waals surface area (Å²) in [6, 6.07) is 5.34. The van der Waals surface area contributed by atoms with Gasteiger partial charge < -0.3 is 10.5 Å². The lowest BCUT2D eigenvalue weighted by Gasteiger charge is -2.09. The van der Waals surface area contributed by atoms with Crippen molar-refractivity contribution in [3.63, 3.8) is 0 Å². The highest BCUT2D eigenvalue weighted by Gasteiger charge is 2.30. The van der Waals surface area contributed by atoms with Gasteiger partial charge >= 0.3 is 6.18 Å². The number of nitrogens with zero attached hydrogens (tertiary/aromatic N) is 3. The molecule has 0 saturated carbocycles. The minimum atomic E-state index is -4.43. The third kappa shape index (κ3) is 2.54. The van der Waals surface area contributed by atoms with Crippen molar-refractivity contribution in [1.29, 1.82) is 0 Å². The summed E-state index contributed by atoms with van der Waals surface area (Å²) >= 11 is 0. The highest BCUT2D eigenvalue weighted by atomic mass is 19.4. The number of rotatable bonds is 2. The summed E-state index contributed by atoms with van der Waals surface area (Å²) in [4.78, 5) is 3.65. The zero-order chi connectivity index (χ0) is 15.9. The number of fused-ring (bicyclic) bond motifs is 1. The highest BCUT2D eigenvalue weighted by molar-refractivity contribution is 5.91. The maximum absolute atomic E-state index is 12.5. The number of nitrogens with two attached hydrogens (primary N) is 1. The van der Waals surface area contributed by atoms with E-state index in [-0.39, 0.29) is 5.88 Å². The minimum Gasteiger partial charge on any atom is -0.439 e. The molecule has 0 radical (unpaired) electrons. The van der Waals surface area contributed by atoms with E-state index in [2.05, 4.69) is 10.1 Å². The number of anilines is 1. The van der Waals surface area contributed by atoms with Crippen molar-refractivity contribution < 1.29 is 17.9 Å². The largest absolute Gasteiger partial charge is 0.439 e.